The van der Waals surface area contributed by atoms with Crippen LogP contribution in [0.5, 0.6) is 0 Å². The summed E-state index contributed by atoms with van der Waals surface area (Å²) in [6, 6.07) is 0.225. The molecule has 0 radical (unpaired) electrons. The number of hydrogen-bond donors (Lipinski definition) is 0. The van der Waals surface area contributed by atoms with Crippen LogP contribution in [-0.4, -0.2) is 58.2 Å². The monoisotopic (exact) mass is 339 g/mol. The van der Waals surface area contributed by atoms with Crippen LogP contribution in [0.2, 0.25) is 0 Å². The van der Waals surface area contributed by atoms with Gasteiger partial charge in [0.1, 0.15) is 0 Å². The third-order valence-electron chi connectivity index (χ3n) is 4.90. The normalized spacial score (nSPS) is 23.9. The maximum absolute atomic E-state index is 6.20. The molecule has 7 nitrogen and oxygen atoms in total. The average molecular weight is 339 g/mol. The summed E-state index contributed by atoms with van der Waals surface area (Å²) in [6.07, 6.45) is 1.13. The number of likely N-dealkylation sites (N-methyl/N-ethyl adjacent to an activating group) is 1. The van der Waals surface area contributed by atoms with Crippen molar-refractivity contribution >= 4 is 5.95 Å². The van der Waals surface area contributed by atoms with Crippen molar-refractivity contribution in [2.45, 2.75) is 78.2 Å². The molecule has 0 saturated heterocycles. The second-order valence-corrected chi connectivity index (χ2v) is 9.04. The van der Waals surface area contributed by atoms with Gasteiger partial charge in [0.2, 0.25) is 5.95 Å². The van der Waals surface area contributed by atoms with E-state index < -0.39 is 0 Å². The molecule has 1 aliphatic carbocycles. The first kappa shape index (κ1) is 19.1. The van der Waals surface area contributed by atoms with Gasteiger partial charge in [-0.2, -0.15) is 0 Å². The molecule has 0 amide bonds. The summed E-state index contributed by atoms with van der Waals surface area (Å²) >= 11 is 0. The van der Waals surface area contributed by atoms with Gasteiger partial charge in [0.15, 0.2) is 0 Å². The van der Waals surface area contributed by atoms with Gasteiger partial charge in [-0.25, -0.2) is 4.68 Å². The molecular formula is C17H33N5O2. The van der Waals surface area contributed by atoms with Gasteiger partial charge >= 0.3 is 0 Å². The molecule has 1 aromatic rings. The highest BCUT2D eigenvalue weighted by Gasteiger charge is 2.53. The number of aromatic nitrogens is 4. The van der Waals surface area contributed by atoms with E-state index in [1.807, 2.05) is 11.7 Å². The average Bonchev–Trinajstić information content (AvgIpc) is 2.90. The van der Waals surface area contributed by atoms with Gasteiger partial charge in [0.05, 0.1) is 23.3 Å². The van der Waals surface area contributed by atoms with E-state index in [-0.39, 0.29) is 28.8 Å². The Bertz CT molecular complexity index is 562. The fraction of sp³-hybridized carbons (Fsp3) is 0.941. The van der Waals surface area contributed by atoms with Gasteiger partial charge in [-0.05, 0) is 51.5 Å². The van der Waals surface area contributed by atoms with E-state index in [2.05, 4.69) is 68.9 Å². The fourth-order valence-corrected chi connectivity index (χ4v) is 3.25. The van der Waals surface area contributed by atoms with Crippen molar-refractivity contribution in [1.82, 2.24) is 20.2 Å². The largest absolute Gasteiger partial charge is 0.377 e. The fourth-order valence-electron chi connectivity index (χ4n) is 3.25. The van der Waals surface area contributed by atoms with Crippen LogP contribution in [-0.2, 0) is 9.47 Å². The molecule has 0 aromatic carbocycles. The molecule has 1 aliphatic rings. The lowest BCUT2D eigenvalue weighted by atomic mass is 9.64. The Morgan fingerprint density at radius 2 is 1.88 bits per heavy atom. The third kappa shape index (κ3) is 3.88. The minimum atomic E-state index is -0.265. The van der Waals surface area contributed by atoms with E-state index in [0.29, 0.717) is 6.54 Å². The quantitative estimate of drug-likeness (QED) is 0.794. The third-order valence-corrected chi connectivity index (χ3v) is 4.90. The number of anilines is 1. The van der Waals surface area contributed by atoms with Crippen LogP contribution in [0, 0.1) is 5.41 Å². The molecule has 1 heterocycles. The van der Waals surface area contributed by atoms with E-state index in [0.717, 1.165) is 12.4 Å². The summed E-state index contributed by atoms with van der Waals surface area (Å²) in [5, 5.41) is 12.4. The summed E-state index contributed by atoms with van der Waals surface area (Å²) < 4.78 is 13.7. The molecule has 138 valence electrons. The predicted octanol–water partition coefficient (Wildman–Crippen LogP) is 2.69. The summed E-state index contributed by atoms with van der Waals surface area (Å²) in [6.45, 7) is 15.6. The Morgan fingerprint density at radius 1 is 1.25 bits per heavy atom. The van der Waals surface area contributed by atoms with Crippen molar-refractivity contribution in [3.63, 3.8) is 0 Å². The van der Waals surface area contributed by atoms with Crippen molar-refractivity contribution in [1.29, 1.82) is 0 Å². The van der Waals surface area contributed by atoms with E-state index in [9.17, 15) is 0 Å². The number of tetrazole rings is 1. The summed E-state index contributed by atoms with van der Waals surface area (Å²) in [5.41, 5.74) is -0.427. The number of ether oxygens (including phenoxy) is 2. The van der Waals surface area contributed by atoms with Crippen molar-refractivity contribution in [3.8, 4) is 0 Å². The molecule has 0 bridgehead atoms. The Labute approximate surface area is 145 Å². The van der Waals surface area contributed by atoms with E-state index in [1.165, 1.54) is 0 Å². The van der Waals surface area contributed by atoms with Crippen molar-refractivity contribution in [2.75, 3.05) is 25.6 Å². The SMILES string of the molecule is COC(C)(C)CN(C)c1nnnn1[C@@H]1C[C@H](OC(C)(C)C)C1(C)C. The minimum Gasteiger partial charge on any atom is -0.377 e. The second kappa shape index (κ2) is 6.26. The Kier molecular flexibility index (Phi) is 4.99. The molecule has 2 rings (SSSR count). The molecule has 1 fully saturated rings. The van der Waals surface area contributed by atoms with E-state index in [1.54, 1.807) is 7.11 Å². The lowest BCUT2D eigenvalue weighted by molar-refractivity contribution is -0.184. The van der Waals surface area contributed by atoms with E-state index in [4.69, 9.17) is 9.47 Å². The van der Waals surface area contributed by atoms with Crippen LogP contribution in [0.3, 0.4) is 0 Å². The molecule has 1 aromatic heterocycles. The smallest absolute Gasteiger partial charge is 0.245 e. The molecule has 0 unspecified atom stereocenters. The second-order valence-electron chi connectivity index (χ2n) is 9.04. The van der Waals surface area contributed by atoms with Crippen LogP contribution in [0.1, 0.15) is 60.9 Å². The number of methoxy groups -OCH3 is 1. The molecule has 7 heteroatoms. The van der Waals surface area contributed by atoms with Crippen LogP contribution in [0.25, 0.3) is 0 Å². The summed E-state index contributed by atoms with van der Waals surface area (Å²) in [4.78, 5) is 2.05. The predicted molar refractivity (Wildman–Crippen MR) is 94.2 cm³/mol. The molecule has 0 spiro atoms. The molecular weight excluding hydrogens is 306 g/mol. The molecule has 24 heavy (non-hydrogen) atoms. The van der Waals surface area contributed by atoms with Gasteiger partial charge in [-0.1, -0.05) is 18.9 Å². The maximum Gasteiger partial charge on any atom is 0.245 e. The summed E-state index contributed by atoms with van der Waals surface area (Å²) in [5.74, 6) is 0.771. The number of hydrogen-bond acceptors (Lipinski definition) is 6. The van der Waals surface area contributed by atoms with Crippen LogP contribution < -0.4 is 4.90 Å². The zero-order valence-electron chi connectivity index (χ0n) is 16.6. The van der Waals surface area contributed by atoms with Gasteiger partial charge in [-0.3, -0.25) is 0 Å². The zero-order valence-corrected chi connectivity index (χ0v) is 16.6. The van der Waals surface area contributed by atoms with Crippen LogP contribution >= 0.6 is 0 Å². The van der Waals surface area contributed by atoms with Gasteiger partial charge < -0.3 is 14.4 Å². The highest BCUT2D eigenvalue weighted by Crippen LogP contribution is 2.52. The highest BCUT2D eigenvalue weighted by atomic mass is 16.5. The van der Waals surface area contributed by atoms with Gasteiger partial charge in [0, 0.05) is 26.1 Å². The van der Waals surface area contributed by atoms with Gasteiger partial charge in [0.25, 0.3) is 0 Å². The molecule has 2 atom stereocenters. The molecule has 0 N–H and O–H groups in total. The zero-order chi connectivity index (χ0) is 18.3. The topological polar surface area (TPSA) is 65.3 Å². The highest BCUT2D eigenvalue weighted by molar-refractivity contribution is 5.29. The van der Waals surface area contributed by atoms with Gasteiger partial charge in [-0.15, -0.1) is 0 Å². The summed E-state index contributed by atoms with van der Waals surface area (Å²) in [7, 11) is 3.72. The Morgan fingerprint density at radius 3 is 2.38 bits per heavy atom. The van der Waals surface area contributed by atoms with Crippen LogP contribution in [0.15, 0.2) is 0 Å². The molecule has 1 saturated carbocycles. The van der Waals surface area contributed by atoms with Crippen molar-refractivity contribution in [2.24, 2.45) is 5.41 Å². The first-order chi connectivity index (χ1) is 10.9. The Balaban J connectivity index is 2.14. The first-order valence-corrected chi connectivity index (χ1v) is 8.59. The molecule has 0 aliphatic heterocycles. The minimum absolute atomic E-state index is 0.0188. The lowest BCUT2D eigenvalue weighted by Gasteiger charge is -2.53. The maximum atomic E-state index is 6.20. The van der Waals surface area contributed by atoms with E-state index >= 15 is 0 Å². The lowest BCUT2D eigenvalue weighted by Crippen LogP contribution is -2.54. The first-order valence-electron chi connectivity index (χ1n) is 8.59. The Hall–Kier alpha value is -1.21. The van der Waals surface area contributed by atoms with Crippen LogP contribution in [0.4, 0.5) is 5.95 Å². The van der Waals surface area contributed by atoms with Crippen molar-refractivity contribution < 1.29 is 9.47 Å². The van der Waals surface area contributed by atoms with Crippen molar-refractivity contribution in [3.05, 3.63) is 0 Å². The number of rotatable bonds is 6. The standard InChI is InChI=1S/C17H33N5O2/c1-15(2,3)24-13-10-12(17(13,6)7)22-14(18-19-20-22)21(8)11-16(4,5)23-9/h12-13H,10-11H2,1-9H3/t12-,13+/m1/s1. The number of nitrogens with zero attached hydrogens (tertiary/aromatic N) is 5.